The van der Waals surface area contributed by atoms with Gasteiger partial charge in [-0.15, -0.1) is 0 Å². The van der Waals surface area contributed by atoms with Gasteiger partial charge in [0.05, 0.1) is 5.69 Å². The van der Waals surface area contributed by atoms with E-state index in [-0.39, 0.29) is 0 Å². The standard InChI is InChI=1S/C15H27N3/c1-4-8-14(16-10-5-2)12-18(3)13-15-9-6-7-11-17-15/h6-7,9,11,14,16H,4-5,8,10,12-13H2,1-3H3. The monoisotopic (exact) mass is 249 g/mol. The van der Waals surface area contributed by atoms with Gasteiger partial charge in [-0.25, -0.2) is 0 Å². The van der Waals surface area contributed by atoms with Crippen molar-refractivity contribution in [2.45, 2.75) is 45.7 Å². The summed E-state index contributed by atoms with van der Waals surface area (Å²) < 4.78 is 0. The topological polar surface area (TPSA) is 28.2 Å². The van der Waals surface area contributed by atoms with Crippen LogP contribution in [0.5, 0.6) is 0 Å². The van der Waals surface area contributed by atoms with Crippen LogP contribution in [0.4, 0.5) is 0 Å². The Morgan fingerprint density at radius 1 is 1.28 bits per heavy atom. The van der Waals surface area contributed by atoms with Crippen molar-refractivity contribution >= 4 is 0 Å². The molecule has 0 saturated heterocycles. The fourth-order valence-electron chi connectivity index (χ4n) is 2.16. The number of aromatic nitrogens is 1. The molecule has 18 heavy (non-hydrogen) atoms. The highest BCUT2D eigenvalue weighted by Crippen LogP contribution is 2.03. The average molecular weight is 249 g/mol. The Labute approximate surface area is 112 Å². The molecule has 0 fully saturated rings. The van der Waals surface area contributed by atoms with Gasteiger partial charge in [0.25, 0.3) is 0 Å². The van der Waals surface area contributed by atoms with E-state index in [1.807, 2.05) is 12.3 Å². The number of nitrogens with zero attached hydrogens (tertiary/aromatic N) is 2. The minimum Gasteiger partial charge on any atom is -0.313 e. The normalized spacial score (nSPS) is 12.9. The zero-order valence-corrected chi connectivity index (χ0v) is 12.0. The Balaban J connectivity index is 2.37. The summed E-state index contributed by atoms with van der Waals surface area (Å²) in [6.45, 7) is 7.59. The van der Waals surface area contributed by atoms with Crippen LogP contribution in [0.3, 0.4) is 0 Å². The maximum absolute atomic E-state index is 4.37. The van der Waals surface area contributed by atoms with Gasteiger partial charge < -0.3 is 5.32 Å². The van der Waals surface area contributed by atoms with E-state index in [1.165, 1.54) is 19.3 Å². The van der Waals surface area contributed by atoms with Crippen molar-refractivity contribution in [1.29, 1.82) is 0 Å². The van der Waals surface area contributed by atoms with Gasteiger partial charge in [0, 0.05) is 25.3 Å². The van der Waals surface area contributed by atoms with Gasteiger partial charge in [0.1, 0.15) is 0 Å². The summed E-state index contributed by atoms with van der Waals surface area (Å²) >= 11 is 0. The largest absolute Gasteiger partial charge is 0.313 e. The molecule has 1 rings (SSSR count). The fourth-order valence-corrected chi connectivity index (χ4v) is 2.16. The zero-order chi connectivity index (χ0) is 13.2. The molecule has 0 aliphatic heterocycles. The maximum atomic E-state index is 4.37. The number of rotatable bonds is 9. The molecule has 1 aromatic heterocycles. The molecule has 102 valence electrons. The third kappa shape index (κ3) is 6.12. The Morgan fingerprint density at radius 3 is 2.72 bits per heavy atom. The van der Waals surface area contributed by atoms with Crippen molar-refractivity contribution in [1.82, 2.24) is 15.2 Å². The number of pyridine rings is 1. The van der Waals surface area contributed by atoms with Crippen molar-refractivity contribution in [3.8, 4) is 0 Å². The van der Waals surface area contributed by atoms with Crippen LogP contribution in [-0.2, 0) is 6.54 Å². The van der Waals surface area contributed by atoms with Crippen LogP contribution in [0.1, 0.15) is 38.8 Å². The minimum absolute atomic E-state index is 0.601. The first-order valence-corrected chi connectivity index (χ1v) is 7.08. The van der Waals surface area contributed by atoms with Crippen LogP contribution in [0, 0.1) is 0 Å². The lowest BCUT2D eigenvalue weighted by atomic mass is 10.1. The Morgan fingerprint density at radius 2 is 2.11 bits per heavy atom. The van der Waals surface area contributed by atoms with Crippen LogP contribution < -0.4 is 5.32 Å². The Hall–Kier alpha value is -0.930. The second-order valence-electron chi connectivity index (χ2n) is 4.96. The molecule has 3 heteroatoms. The van der Waals surface area contributed by atoms with Crippen molar-refractivity contribution in [2.75, 3.05) is 20.1 Å². The molecule has 3 nitrogen and oxygen atoms in total. The molecule has 0 spiro atoms. The van der Waals surface area contributed by atoms with Crippen LogP contribution >= 0.6 is 0 Å². The molecular formula is C15H27N3. The molecule has 0 saturated carbocycles. The summed E-state index contributed by atoms with van der Waals surface area (Å²) in [4.78, 5) is 6.72. The molecule has 1 unspecified atom stereocenters. The first-order valence-electron chi connectivity index (χ1n) is 7.08. The molecule has 0 aliphatic rings. The molecule has 1 heterocycles. The van der Waals surface area contributed by atoms with Crippen LogP contribution in [0.2, 0.25) is 0 Å². The van der Waals surface area contributed by atoms with Gasteiger partial charge in [-0.1, -0.05) is 26.3 Å². The highest BCUT2D eigenvalue weighted by molar-refractivity contribution is 5.03. The summed E-state index contributed by atoms with van der Waals surface area (Å²) in [6.07, 6.45) is 5.54. The second kappa shape index (κ2) is 9.06. The Bertz CT molecular complexity index is 300. The van der Waals surface area contributed by atoms with E-state index < -0.39 is 0 Å². The number of hydrogen-bond acceptors (Lipinski definition) is 3. The maximum Gasteiger partial charge on any atom is 0.0543 e. The van der Waals surface area contributed by atoms with Gasteiger partial charge in [-0.3, -0.25) is 9.88 Å². The lowest BCUT2D eigenvalue weighted by molar-refractivity contribution is 0.271. The molecule has 0 aromatic carbocycles. The number of hydrogen-bond donors (Lipinski definition) is 1. The minimum atomic E-state index is 0.601. The van der Waals surface area contributed by atoms with Crippen molar-refractivity contribution < 1.29 is 0 Å². The van der Waals surface area contributed by atoms with E-state index in [9.17, 15) is 0 Å². The van der Waals surface area contributed by atoms with E-state index in [0.717, 1.165) is 25.3 Å². The first kappa shape index (κ1) is 15.1. The lowest BCUT2D eigenvalue weighted by Crippen LogP contribution is -2.39. The van der Waals surface area contributed by atoms with Gasteiger partial charge in [0.15, 0.2) is 0 Å². The molecular weight excluding hydrogens is 222 g/mol. The third-order valence-electron chi connectivity index (χ3n) is 3.01. The molecule has 1 N–H and O–H groups in total. The van der Waals surface area contributed by atoms with E-state index in [0.29, 0.717) is 6.04 Å². The van der Waals surface area contributed by atoms with E-state index >= 15 is 0 Å². The van der Waals surface area contributed by atoms with Gasteiger partial charge >= 0.3 is 0 Å². The van der Waals surface area contributed by atoms with Gasteiger partial charge in [-0.2, -0.15) is 0 Å². The molecule has 0 bridgehead atoms. The zero-order valence-electron chi connectivity index (χ0n) is 12.0. The second-order valence-corrected chi connectivity index (χ2v) is 4.96. The van der Waals surface area contributed by atoms with Gasteiger partial charge in [0.2, 0.25) is 0 Å². The van der Waals surface area contributed by atoms with E-state index in [4.69, 9.17) is 0 Å². The van der Waals surface area contributed by atoms with Gasteiger partial charge in [-0.05, 0) is 38.6 Å². The molecule has 0 radical (unpaired) electrons. The summed E-state index contributed by atoms with van der Waals surface area (Å²) in [5.74, 6) is 0. The summed E-state index contributed by atoms with van der Waals surface area (Å²) in [6, 6.07) is 6.70. The fraction of sp³-hybridized carbons (Fsp3) is 0.667. The third-order valence-corrected chi connectivity index (χ3v) is 3.01. The van der Waals surface area contributed by atoms with E-state index in [1.54, 1.807) is 0 Å². The Kier molecular flexibility index (Phi) is 7.62. The molecule has 1 aromatic rings. The lowest BCUT2D eigenvalue weighted by Gasteiger charge is -2.24. The van der Waals surface area contributed by atoms with Crippen molar-refractivity contribution in [3.63, 3.8) is 0 Å². The van der Waals surface area contributed by atoms with E-state index in [2.05, 4.69) is 48.2 Å². The van der Waals surface area contributed by atoms with Crippen LogP contribution in [-0.4, -0.2) is 36.1 Å². The highest BCUT2D eigenvalue weighted by atomic mass is 15.1. The summed E-state index contributed by atoms with van der Waals surface area (Å²) in [5.41, 5.74) is 1.14. The van der Waals surface area contributed by atoms with Crippen LogP contribution in [0.25, 0.3) is 0 Å². The quantitative estimate of drug-likeness (QED) is 0.729. The first-order chi connectivity index (χ1) is 8.76. The van der Waals surface area contributed by atoms with Crippen LogP contribution in [0.15, 0.2) is 24.4 Å². The predicted molar refractivity (Wildman–Crippen MR) is 77.6 cm³/mol. The summed E-state index contributed by atoms with van der Waals surface area (Å²) in [7, 11) is 2.17. The molecule has 1 atom stereocenters. The number of nitrogens with one attached hydrogen (secondary N) is 1. The number of likely N-dealkylation sites (N-methyl/N-ethyl adjacent to an activating group) is 1. The SMILES string of the molecule is CCCNC(CCC)CN(C)Cc1ccccn1. The van der Waals surface area contributed by atoms with Crippen molar-refractivity contribution in [3.05, 3.63) is 30.1 Å². The average Bonchev–Trinajstić information content (AvgIpc) is 2.37. The van der Waals surface area contributed by atoms with Crippen molar-refractivity contribution in [2.24, 2.45) is 0 Å². The smallest absolute Gasteiger partial charge is 0.0543 e. The summed E-state index contributed by atoms with van der Waals surface area (Å²) in [5, 5.41) is 3.62. The predicted octanol–water partition coefficient (Wildman–Crippen LogP) is 2.68. The highest BCUT2D eigenvalue weighted by Gasteiger charge is 2.10. The molecule has 0 amide bonds. The molecule has 0 aliphatic carbocycles.